The summed E-state index contributed by atoms with van der Waals surface area (Å²) in [6.45, 7) is 4.21. The van der Waals surface area contributed by atoms with Crippen LogP contribution in [0.2, 0.25) is 0 Å². The van der Waals surface area contributed by atoms with Crippen molar-refractivity contribution in [2.75, 3.05) is 0 Å². The van der Waals surface area contributed by atoms with Crippen molar-refractivity contribution in [2.24, 2.45) is 0 Å². The van der Waals surface area contributed by atoms with Crippen LogP contribution in [-0.2, 0) is 4.79 Å². The van der Waals surface area contributed by atoms with Gasteiger partial charge in [0.2, 0.25) is 0 Å². The van der Waals surface area contributed by atoms with Crippen molar-refractivity contribution in [1.82, 2.24) is 0 Å². The molecule has 0 atom stereocenters. The lowest BCUT2D eigenvalue weighted by molar-refractivity contribution is -0.113. The summed E-state index contributed by atoms with van der Waals surface area (Å²) in [5, 5.41) is 0. The largest absolute Gasteiger partial charge is 0.294 e. The van der Waals surface area contributed by atoms with Crippen molar-refractivity contribution in [3.8, 4) is 0 Å². The highest BCUT2D eigenvalue weighted by Crippen LogP contribution is 2.40. The fraction of sp³-hybridized carbons (Fsp3) is 0.235. The summed E-state index contributed by atoms with van der Waals surface area (Å²) < 4.78 is 0. The molecule has 0 amide bonds. The molecule has 0 saturated carbocycles. The molecule has 0 spiro atoms. The summed E-state index contributed by atoms with van der Waals surface area (Å²) in [5.41, 5.74) is 4.50. The lowest BCUT2D eigenvalue weighted by atomic mass is 9.97. The van der Waals surface area contributed by atoms with Gasteiger partial charge in [0.05, 0.1) is 0 Å². The number of hydrogen-bond donors (Lipinski definition) is 0. The number of ketones is 1. The van der Waals surface area contributed by atoms with E-state index < -0.39 is 0 Å². The average Bonchev–Trinajstić information content (AvgIpc) is 2.93. The lowest BCUT2D eigenvalue weighted by Crippen LogP contribution is -1.96. The van der Waals surface area contributed by atoms with Gasteiger partial charge < -0.3 is 0 Å². The average molecular weight is 268 g/mol. The molecule has 1 aliphatic rings. The smallest absolute Gasteiger partial charge is 0.164 e. The van der Waals surface area contributed by atoms with E-state index in [0.717, 1.165) is 17.6 Å². The number of thiophene rings is 1. The Bertz CT molecular complexity index is 662. The van der Waals surface area contributed by atoms with E-state index in [2.05, 4.69) is 32.0 Å². The standard InChI is InChI=1S/C17H16OS/c1-11-10-15(12(2)19-11)17-14(8-9-16(17)18)13-6-4-3-5-7-13/h3-7,10H,8-9H2,1-2H3. The minimum atomic E-state index is 0.291. The highest BCUT2D eigenvalue weighted by atomic mass is 32.1. The molecule has 0 bridgehead atoms. The number of hydrogen-bond acceptors (Lipinski definition) is 2. The number of carbonyl (C=O) groups excluding carboxylic acids is 1. The van der Waals surface area contributed by atoms with Gasteiger partial charge in [-0.05, 0) is 43.0 Å². The van der Waals surface area contributed by atoms with Crippen LogP contribution in [0.3, 0.4) is 0 Å². The second kappa shape index (κ2) is 4.78. The third kappa shape index (κ3) is 2.17. The molecular formula is C17H16OS. The normalized spacial score (nSPS) is 15.4. The summed E-state index contributed by atoms with van der Waals surface area (Å²) in [6.07, 6.45) is 1.51. The van der Waals surface area contributed by atoms with Crippen molar-refractivity contribution in [3.63, 3.8) is 0 Å². The maximum Gasteiger partial charge on any atom is 0.164 e. The molecule has 1 aliphatic carbocycles. The molecule has 0 saturated heterocycles. The molecule has 0 unspecified atom stereocenters. The van der Waals surface area contributed by atoms with Crippen LogP contribution < -0.4 is 0 Å². The van der Waals surface area contributed by atoms with Crippen LogP contribution in [0.15, 0.2) is 36.4 Å². The second-order valence-corrected chi connectivity index (χ2v) is 6.43. The summed E-state index contributed by atoms with van der Waals surface area (Å²) in [5.74, 6) is 0.291. The first kappa shape index (κ1) is 12.4. The summed E-state index contributed by atoms with van der Waals surface area (Å²) in [7, 11) is 0. The first-order valence-electron chi connectivity index (χ1n) is 6.56. The Morgan fingerprint density at radius 3 is 2.42 bits per heavy atom. The SMILES string of the molecule is Cc1cc(C2=C(c3ccccc3)CCC2=O)c(C)s1. The van der Waals surface area contributed by atoms with Gasteiger partial charge in [-0.15, -0.1) is 11.3 Å². The van der Waals surface area contributed by atoms with Gasteiger partial charge >= 0.3 is 0 Å². The van der Waals surface area contributed by atoms with Crippen molar-refractivity contribution >= 4 is 28.3 Å². The van der Waals surface area contributed by atoms with Gasteiger partial charge in [0.1, 0.15) is 0 Å². The van der Waals surface area contributed by atoms with Gasteiger partial charge in [-0.1, -0.05) is 30.3 Å². The van der Waals surface area contributed by atoms with Gasteiger partial charge in [0, 0.05) is 21.7 Å². The number of aryl methyl sites for hydroxylation is 2. The zero-order valence-corrected chi connectivity index (χ0v) is 12.0. The Morgan fingerprint density at radius 2 is 1.79 bits per heavy atom. The number of carbonyl (C=O) groups is 1. The van der Waals surface area contributed by atoms with Crippen molar-refractivity contribution in [3.05, 3.63) is 57.3 Å². The molecular weight excluding hydrogens is 252 g/mol. The zero-order valence-electron chi connectivity index (χ0n) is 11.2. The third-order valence-electron chi connectivity index (χ3n) is 3.62. The summed E-state index contributed by atoms with van der Waals surface area (Å²) in [6, 6.07) is 12.4. The van der Waals surface area contributed by atoms with Gasteiger partial charge in [0.15, 0.2) is 5.78 Å². The molecule has 1 aromatic heterocycles. The van der Waals surface area contributed by atoms with Gasteiger partial charge in [-0.2, -0.15) is 0 Å². The van der Waals surface area contributed by atoms with Gasteiger partial charge in [-0.25, -0.2) is 0 Å². The van der Waals surface area contributed by atoms with Crippen LogP contribution in [0.25, 0.3) is 11.1 Å². The molecule has 0 fully saturated rings. The van der Waals surface area contributed by atoms with Crippen molar-refractivity contribution in [1.29, 1.82) is 0 Å². The predicted molar refractivity (Wildman–Crippen MR) is 81.3 cm³/mol. The minimum absolute atomic E-state index is 0.291. The lowest BCUT2D eigenvalue weighted by Gasteiger charge is -2.06. The third-order valence-corrected chi connectivity index (χ3v) is 4.58. The van der Waals surface area contributed by atoms with Gasteiger partial charge in [-0.3, -0.25) is 4.79 Å². The number of benzene rings is 1. The molecule has 0 radical (unpaired) electrons. The van der Waals surface area contributed by atoms with E-state index in [0.29, 0.717) is 12.2 Å². The maximum absolute atomic E-state index is 12.3. The molecule has 3 rings (SSSR count). The summed E-state index contributed by atoms with van der Waals surface area (Å²) in [4.78, 5) is 14.8. The van der Waals surface area contributed by atoms with E-state index in [1.165, 1.54) is 20.9 Å². The molecule has 1 nitrogen and oxygen atoms in total. The second-order valence-electron chi connectivity index (χ2n) is 4.97. The van der Waals surface area contributed by atoms with E-state index in [1.807, 2.05) is 18.2 Å². The van der Waals surface area contributed by atoms with E-state index >= 15 is 0 Å². The van der Waals surface area contributed by atoms with E-state index in [9.17, 15) is 4.79 Å². The first-order valence-corrected chi connectivity index (χ1v) is 7.37. The molecule has 2 aromatic rings. The van der Waals surface area contributed by atoms with Crippen LogP contribution in [0.5, 0.6) is 0 Å². The monoisotopic (exact) mass is 268 g/mol. The van der Waals surface area contributed by atoms with Crippen LogP contribution in [0.1, 0.15) is 33.7 Å². The number of Topliss-reactive ketones (excluding diaryl/α,β-unsaturated/α-hetero) is 1. The Hall–Kier alpha value is -1.67. The quantitative estimate of drug-likeness (QED) is 0.775. The van der Waals surface area contributed by atoms with Crippen LogP contribution >= 0.6 is 11.3 Å². The Balaban J connectivity index is 2.19. The summed E-state index contributed by atoms with van der Waals surface area (Å²) >= 11 is 1.77. The molecule has 96 valence electrons. The number of rotatable bonds is 2. The van der Waals surface area contributed by atoms with Crippen LogP contribution in [0, 0.1) is 13.8 Å². The highest BCUT2D eigenvalue weighted by Gasteiger charge is 2.26. The number of allylic oxidation sites excluding steroid dienone is 2. The fourth-order valence-corrected chi connectivity index (χ4v) is 3.71. The predicted octanol–water partition coefficient (Wildman–Crippen LogP) is 4.64. The van der Waals surface area contributed by atoms with Gasteiger partial charge in [0.25, 0.3) is 0 Å². The molecule has 19 heavy (non-hydrogen) atoms. The molecule has 1 aromatic carbocycles. The van der Waals surface area contributed by atoms with Crippen LogP contribution in [0.4, 0.5) is 0 Å². The van der Waals surface area contributed by atoms with E-state index in [-0.39, 0.29) is 0 Å². The topological polar surface area (TPSA) is 17.1 Å². The highest BCUT2D eigenvalue weighted by molar-refractivity contribution is 7.12. The van der Waals surface area contributed by atoms with Crippen molar-refractivity contribution in [2.45, 2.75) is 26.7 Å². The Kier molecular flexibility index (Phi) is 3.11. The molecule has 0 N–H and O–H groups in total. The Morgan fingerprint density at radius 1 is 1.05 bits per heavy atom. The minimum Gasteiger partial charge on any atom is -0.294 e. The van der Waals surface area contributed by atoms with Crippen LogP contribution in [-0.4, -0.2) is 5.78 Å². The maximum atomic E-state index is 12.3. The Labute approximate surface area is 117 Å². The first-order chi connectivity index (χ1) is 9.16. The molecule has 2 heteroatoms. The molecule has 0 aliphatic heterocycles. The van der Waals surface area contributed by atoms with E-state index in [4.69, 9.17) is 0 Å². The van der Waals surface area contributed by atoms with E-state index in [1.54, 1.807) is 11.3 Å². The zero-order chi connectivity index (χ0) is 13.4. The fourth-order valence-electron chi connectivity index (χ4n) is 2.78. The molecule has 1 heterocycles. The van der Waals surface area contributed by atoms with Crippen molar-refractivity contribution < 1.29 is 4.79 Å².